The molecule has 1 aromatic carbocycles. The molecule has 0 spiro atoms. The first-order chi connectivity index (χ1) is 8.67. The van der Waals surface area contributed by atoms with Crippen molar-refractivity contribution in [3.63, 3.8) is 0 Å². The van der Waals surface area contributed by atoms with E-state index < -0.39 is 21.4 Å². The summed E-state index contributed by atoms with van der Waals surface area (Å²) < 4.78 is 39.2. The number of hydrogen-bond donors (Lipinski definition) is 1. The highest BCUT2D eigenvalue weighted by molar-refractivity contribution is 9.10. The zero-order valence-electron chi connectivity index (χ0n) is 10.6. The van der Waals surface area contributed by atoms with Gasteiger partial charge in [0.15, 0.2) is 0 Å². The van der Waals surface area contributed by atoms with E-state index in [1.807, 2.05) is 13.8 Å². The van der Waals surface area contributed by atoms with Crippen molar-refractivity contribution in [3.05, 3.63) is 28.5 Å². The average molecular weight is 352 g/mol. The van der Waals surface area contributed by atoms with Crippen molar-refractivity contribution in [2.24, 2.45) is 5.92 Å². The van der Waals surface area contributed by atoms with E-state index >= 15 is 0 Å². The molecule has 0 saturated carbocycles. The third-order valence-corrected chi connectivity index (χ3v) is 5.93. The van der Waals surface area contributed by atoms with Crippen molar-refractivity contribution in [1.82, 2.24) is 4.31 Å². The Morgan fingerprint density at radius 1 is 1.42 bits per heavy atom. The Labute approximate surface area is 120 Å². The predicted octanol–water partition coefficient (Wildman–Crippen LogP) is 1.98. The number of sulfonamides is 1. The molecule has 1 N–H and O–H groups in total. The van der Waals surface area contributed by atoms with Gasteiger partial charge in [0, 0.05) is 13.1 Å². The number of rotatable bonds is 3. The second kappa shape index (κ2) is 4.80. The highest BCUT2D eigenvalue weighted by atomic mass is 79.9. The van der Waals surface area contributed by atoms with Crippen molar-refractivity contribution in [2.75, 3.05) is 13.1 Å². The van der Waals surface area contributed by atoms with Crippen LogP contribution in [0.3, 0.4) is 0 Å². The van der Waals surface area contributed by atoms with Crippen LogP contribution < -0.4 is 0 Å². The van der Waals surface area contributed by atoms with Crippen molar-refractivity contribution >= 4 is 26.0 Å². The summed E-state index contributed by atoms with van der Waals surface area (Å²) in [6.07, 6.45) is 0. The molecular weight excluding hydrogens is 337 g/mol. The third kappa shape index (κ3) is 2.56. The number of aliphatic hydroxyl groups is 1. The number of halogens is 2. The van der Waals surface area contributed by atoms with Crippen molar-refractivity contribution < 1.29 is 17.9 Å². The Bertz CT molecular complexity index is 597. The molecule has 0 amide bonds. The summed E-state index contributed by atoms with van der Waals surface area (Å²) in [4.78, 5) is -0.0981. The van der Waals surface area contributed by atoms with Crippen LogP contribution in [0.1, 0.15) is 13.8 Å². The van der Waals surface area contributed by atoms with Gasteiger partial charge in [-0.25, -0.2) is 12.8 Å². The Balaban J connectivity index is 2.23. The quantitative estimate of drug-likeness (QED) is 0.905. The summed E-state index contributed by atoms with van der Waals surface area (Å²) >= 11 is 2.98. The van der Waals surface area contributed by atoms with E-state index in [2.05, 4.69) is 15.9 Å². The van der Waals surface area contributed by atoms with Gasteiger partial charge in [0.25, 0.3) is 0 Å². The van der Waals surface area contributed by atoms with Gasteiger partial charge in [-0.3, -0.25) is 0 Å². The number of benzene rings is 1. The third-order valence-electron chi connectivity index (χ3n) is 3.50. The van der Waals surface area contributed by atoms with Crippen LogP contribution in [0.25, 0.3) is 0 Å². The fourth-order valence-electron chi connectivity index (χ4n) is 1.89. The van der Waals surface area contributed by atoms with Crippen LogP contribution in [-0.2, 0) is 10.0 Å². The maximum Gasteiger partial charge on any atom is 0.243 e. The summed E-state index contributed by atoms with van der Waals surface area (Å²) in [5, 5.41) is 10.1. The molecule has 1 aliphatic rings. The summed E-state index contributed by atoms with van der Waals surface area (Å²) in [7, 11) is -3.73. The maximum atomic E-state index is 13.4. The van der Waals surface area contributed by atoms with Crippen LogP contribution in [0, 0.1) is 11.7 Å². The van der Waals surface area contributed by atoms with Crippen molar-refractivity contribution in [1.29, 1.82) is 0 Å². The number of hydrogen-bond acceptors (Lipinski definition) is 3. The summed E-state index contributed by atoms with van der Waals surface area (Å²) in [6, 6.07) is 3.68. The monoisotopic (exact) mass is 351 g/mol. The lowest BCUT2D eigenvalue weighted by molar-refractivity contribution is -0.0932. The molecule has 106 valence electrons. The highest BCUT2D eigenvalue weighted by Gasteiger charge is 2.49. The van der Waals surface area contributed by atoms with E-state index in [1.54, 1.807) is 0 Å². The summed E-state index contributed by atoms with van der Waals surface area (Å²) in [5.41, 5.74) is -0.985. The molecule has 4 nitrogen and oxygen atoms in total. The van der Waals surface area contributed by atoms with E-state index in [0.29, 0.717) is 0 Å². The van der Waals surface area contributed by atoms with Crippen molar-refractivity contribution in [3.8, 4) is 0 Å². The smallest absolute Gasteiger partial charge is 0.243 e. The SMILES string of the molecule is CC(C)C1(O)CN(S(=O)(=O)c2ccc(Br)c(F)c2)C1. The lowest BCUT2D eigenvalue weighted by atomic mass is 9.85. The van der Waals surface area contributed by atoms with Crippen LogP contribution in [0.2, 0.25) is 0 Å². The van der Waals surface area contributed by atoms with Gasteiger partial charge in [-0.1, -0.05) is 13.8 Å². The topological polar surface area (TPSA) is 57.6 Å². The number of β-amino-alcohol motifs (C(OH)–C–C–N with tert-alkyl or cyclic N) is 1. The molecule has 1 aromatic rings. The molecule has 1 heterocycles. The molecule has 0 aromatic heterocycles. The minimum Gasteiger partial charge on any atom is -0.387 e. The Morgan fingerprint density at radius 2 is 2.00 bits per heavy atom. The summed E-state index contributed by atoms with van der Waals surface area (Å²) in [6.45, 7) is 3.77. The molecule has 7 heteroatoms. The molecule has 19 heavy (non-hydrogen) atoms. The molecule has 1 aliphatic heterocycles. The summed E-state index contributed by atoms with van der Waals surface area (Å²) in [5.74, 6) is -0.652. The van der Waals surface area contributed by atoms with Crippen molar-refractivity contribution in [2.45, 2.75) is 24.3 Å². The Morgan fingerprint density at radius 3 is 2.47 bits per heavy atom. The first-order valence-corrected chi connectivity index (χ1v) is 8.08. The zero-order valence-corrected chi connectivity index (χ0v) is 13.0. The molecule has 0 radical (unpaired) electrons. The lowest BCUT2D eigenvalue weighted by Crippen LogP contribution is -2.65. The van der Waals surface area contributed by atoms with Gasteiger partial charge in [0.1, 0.15) is 5.82 Å². The standard InChI is InChI=1S/C12H15BrFNO3S/c1-8(2)12(16)6-15(7-12)19(17,18)9-3-4-10(13)11(14)5-9/h3-5,8,16H,6-7H2,1-2H3. The first kappa shape index (κ1) is 14.9. The van der Waals surface area contributed by atoms with Crippen LogP contribution in [-0.4, -0.2) is 36.5 Å². The van der Waals surface area contributed by atoms with E-state index in [1.165, 1.54) is 12.1 Å². The molecule has 0 bridgehead atoms. The fourth-order valence-corrected chi connectivity index (χ4v) is 3.71. The molecule has 1 saturated heterocycles. The minimum absolute atomic E-state index is 0.0272. The minimum atomic E-state index is -3.73. The van der Waals surface area contributed by atoms with E-state index in [-0.39, 0.29) is 28.4 Å². The highest BCUT2D eigenvalue weighted by Crippen LogP contribution is 2.33. The molecule has 0 unspecified atom stereocenters. The van der Waals surface area contributed by atoms with E-state index in [9.17, 15) is 17.9 Å². The van der Waals surface area contributed by atoms with Crippen LogP contribution in [0.4, 0.5) is 4.39 Å². The van der Waals surface area contributed by atoms with Crippen LogP contribution >= 0.6 is 15.9 Å². The van der Waals surface area contributed by atoms with Gasteiger partial charge >= 0.3 is 0 Å². The van der Waals surface area contributed by atoms with Gasteiger partial charge < -0.3 is 5.11 Å². The molecule has 0 aliphatic carbocycles. The second-order valence-electron chi connectivity index (χ2n) is 5.11. The molecule has 0 atom stereocenters. The molecule has 1 fully saturated rings. The Kier molecular flexibility index (Phi) is 3.77. The van der Waals surface area contributed by atoms with Gasteiger partial charge in [-0.15, -0.1) is 0 Å². The van der Waals surface area contributed by atoms with Crippen LogP contribution in [0.5, 0.6) is 0 Å². The normalized spacial score (nSPS) is 19.5. The Hall–Kier alpha value is -0.500. The maximum absolute atomic E-state index is 13.4. The zero-order chi connectivity index (χ0) is 14.4. The fraction of sp³-hybridized carbons (Fsp3) is 0.500. The largest absolute Gasteiger partial charge is 0.387 e. The lowest BCUT2D eigenvalue weighted by Gasteiger charge is -2.47. The first-order valence-electron chi connectivity index (χ1n) is 5.84. The predicted molar refractivity (Wildman–Crippen MR) is 72.6 cm³/mol. The average Bonchev–Trinajstić information content (AvgIpc) is 2.27. The van der Waals surface area contributed by atoms with Crippen LogP contribution in [0.15, 0.2) is 27.6 Å². The van der Waals surface area contributed by atoms with Gasteiger partial charge in [0.05, 0.1) is 15.0 Å². The van der Waals surface area contributed by atoms with Gasteiger partial charge in [-0.05, 0) is 40.0 Å². The molecule has 2 rings (SSSR count). The number of nitrogens with zero attached hydrogens (tertiary/aromatic N) is 1. The van der Waals surface area contributed by atoms with Gasteiger partial charge in [-0.2, -0.15) is 4.31 Å². The second-order valence-corrected chi connectivity index (χ2v) is 7.90. The molecular formula is C12H15BrFNO3S. The van der Waals surface area contributed by atoms with E-state index in [0.717, 1.165) is 10.4 Å². The van der Waals surface area contributed by atoms with E-state index in [4.69, 9.17) is 0 Å². The van der Waals surface area contributed by atoms with Gasteiger partial charge in [0.2, 0.25) is 10.0 Å².